The van der Waals surface area contributed by atoms with Crippen molar-refractivity contribution < 1.29 is 4.79 Å². The number of pyridine rings is 1. The summed E-state index contributed by atoms with van der Waals surface area (Å²) < 4.78 is 1.91. The van der Waals surface area contributed by atoms with Crippen molar-refractivity contribution in [2.75, 3.05) is 6.54 Å². The minimum Gasteiger partial charge on any atom is -0.350 e. The minimum absolute atomic E-state index is 0.157. The zero-order chi connectivity index (χ0) is 13.1. The van der Waals surface area contributed by atoms with Crippen molar-refractivity contribution in [1.82, 2.24) is 24.9 Å². The van der Waals surface area contributed by atoms with Crippen LogP contribution in [0.5, 0.6) is 0 Å². The predicted molar refractivity (Wildman–Crippen MR) is 71.1 cm³/mol. The number of fused-ring (bicyclic) bond motifs is 1. The van der Waals surface area contributed by atoms with Gasteiger partial charge < -0.3 is 5.32 Å². The smallest absolute Gasteiger partial charge is 0.270 e. The van der Waals surface area contributed by atoms with Gasteiger partial charge in [-0.05, 0) is 12.1 Å². The number of thiazole rings is 1. The van der Waals surface area contributed by atoms with E-state index in [1.807, 2.05) is 28.8 Å². The second-order valence-corrected chi connectivity index (χ2v) is 4.64. The first kappa shape index (κ1) is 11.8. The van der Waals surface area contributed by atoms with Crippen molar-refractivity contribution in [2.24, 2.45) is 0 Å². The van der Waals surface area contributed by atoms with Crippen LogP contribution in [0.1, 0.15) is 16.3 Å². The monoisotopic (exact) mass is 273 g/mol. The van der Waals surface area contributed by atoms with E-state index in [2.05, 4.69) is 20.5 Å². The Balaban J connectivity index is 1.62. The van der Waals surface area contributed by atoms with E-state index in [4.69, 9.17) is 0 Å². The summed E-state index contributed by atoms with van der Waals surface area (Å²) in [6.45, 7) is 0.506. The summed E-state index contributed by atoms with van der Waals surface area (Å²) in [4.78, 5) is 15.6. The summed E-state index contributed by atoms with van der Waals surface area (Å²) >= 11 is 1.40. The molecule has 0 atom stereocenters. The Labute approximate surface area is 113 Å². The van der Waals surface area contributed by atoms with Crippen molar-refractivity contribution in [3.63, 3.8) is 0 Å². The molecule has 19 heavy (non-hydrogen) atoms. The van der Waals surface area contributed by atoms with Gasteiger partial charge in [-0.2, -0.15) is 0 Å². The van der Waals surface area contributed by atoms with Gasteiger partial charge in [0.2, 0.25) is 0 Å². The molecule has 0 bridgehead atoms. The molecule has 0 aliphatic heterocycles. The van der Waals surface area contributed by atoms with E-state index in [9.17, 15) is 4.79 Å². The van der Waals surface area contributed by atoms with Crippen LogP contribution >= 0.6 is 11.3 Å². The van der Waals surface area contributed by atoms with Crippen molar-refractivity contribution in [3.8, 4) is 0 Å². The fourth-order valence-electron chi connectivity index (χ4n) is 1.76. The van der Waals surface area contributed by atoms with E-state index in [1.165, 1.54) is 11.3 Å². The third-order valence-electron chi connectivity index (χ3n) is 2.68. The second-order valence-electron chi connectivity index (χ2n) is 3.92. The number of carbonyl (C=O) groups excluding carboxylic acids is 1. The van der Waals surface area contributed by atoms with E-state index in [-0.39, 0.29) is 5.91 Å². The van der Waals surface area contributed by atoms with Gasteiger partial charge in [0.1, 0.15) is 11.5 Å². The Morgan fingerprint density at radius 2 is 2.32 bits per heavy atom. The third-order valence-corrected chi connectivity index (χ3v) is 3.27. The highest BCUT2D eigenvalue weighted by atomic mass is 32.1. The quantitative estimate of drug-likeness (QED) is 0.774. The van der Waals surface area contributed by atoms with Gasteiger partial charge in [0, 0.05) is 24.5 Å². The molecule has 1 N–H and O–H groups in total. The Morgan fingerprint density at radius 3 is 3.16 bits per heavy atom. The van der Waals surface area contributed by atoms with Gasteiger partial charge in [0.25, 0.3) is 5.91 Å². The molecule has 0 aliphatic carbocycles. The van der Waals surface area contributed by atoms with E-state index in [0.29, 0.717) is 18.7 Å². The Bertz CT molecular complexity index is 691. The van der Waals surface area contributed by atoms with Crippen molar-refractivity contribution in [1.29, 1.82) is 0 Å². The molecule has 7 heteroatoms. The Hall–Kier alpha value is -2.28. The highest BCUT2D eigenvalue weighted by Crippen LogP contribution is 2.03. The van der Waals surface area contributed by atoms with Gasteiger partial charge in [-0.25, -0.2) is 4.98 Å². The van der Waals surface area contributed by atoms with Crippen molar-refractivity contribution >= 4 is 22.9 Å². The maximum Gasteiger partial charge on any atom is 0.270 e. The number of hydrogen-bond acceptors (Lipinski definition) is 5. The van der Waals surface area contributed by atoms with Crippen molar-refractivity contribution in [2.45, 2.75) is 6.42 Å². The minimum atomic E-state index is -0.157. The van der Waals surface area contributed by atoms with E-state index < -0.39 is 0 Å². The fraction of sp³-hybridized carbons (Fsp3) is 0.167. The van der Waals surface area contributed by atoms with Gasteiger partial charge in [-0.3, -0.25) is 9.20 Å². The van der Waals surface area contributed by atoms with Crippen LogP contribution in [0.15, 0.2) is 35.3 Å². The normalized spacial score (nSPS) is 10.7. The van der Waals surface area contributed by atoms with Crippen LogP contribution in [-0.2, 0) is 6.42 Å². The number of amides is 1. The first-order valence-corrected chi connectivity index (χ1v) is 6.74. The van der Waals surface area contributed by atoms with Crippen LogP contribution in [-0.4, -0.2) is 32.0 Å². The maximum atomic E-state index is 11.7. The van der Waals surface area contributed by atoms with Gasteiger partial charge >= 0.3 is 0 Å². The summed E-state index contributed by atoms with van der Waals surface area (Å²) in [6.07, 6.45) is 2.54. The molecule has 3 heterocycles. The molecular weight excluding hydrogens is 262 g/mol. The van der Waals surface area contributed by atoms with Crippen LogP contribution in [0.4, 0.5) is 0 Å². The number of nitrogens with zero attached hydrogens (tertiary/aromatic N) is 4. The molecule has 0 saturated carbocycles. The molecule has 3 aromatic heterocycles. The van der Waals surface area contributed by atoms with E-state index >= 15 is 0 Å². The molecule has 0 aromatic carbocycles. The van der Waals surface area contributed by atoms with Crippen LogP contribution in [0.3, 0.4) is 0 Å². The molecule has 3 aromatic rings. The topological polar surface area (TPSA) is 72.2 Å². The SMILES string of the molecule is O=C(NCCc1nnc2ccccn12)c1cscn1. The average Bonchev–Trinajstić information content (AvgIpc) is 3.08. The lowest BCUT2D eigenvalue weighted by atomic mass is 10.3. The van der Waals surface area contributed by atoms with Crippen LogP contribution in [0, 0.1) is 0 Å². The standard InChI is InChI=1S/C12H11N5OS/c18-12(9-7-19-8-14-9)13-5-4-11-16-15-10-3-1-2-6-17(10)11/h1-3,6-8H,4-5H2,(H,13,18). The van der Waals surface area contributed by atoms with Gasteiger partial charge in [-0.15, -0.1) is 21.5 Å². The predicted octanol–water partition coefficient (Wildman–Crippen LogP) is 1.16. The molecule has 3 rings (SSSR count). The molecule has 0 unspecified atom stereocenters. The van der Waals surface area contributed by atoms with E-state index in [1.54, 1.807) is 10.9 Å². The summed E-state index contributed by atoms with van der Waals surface area (Å²) in [5.41, 5.74) is 2.90. The van der Waals surface area contributed by atoms with Gasteiger partial charge in [0.15, 0.2) is 5.65 Å². The zero-order valence-corrected chi connectivity index (χ0v) is 10.8. The third kappa shape index (κ3) is 2.45. The molecule has 0 radical (unpaired) electrons. The van der Waals surface area contributed by atoms with Crippen LogP contribution in [0.2, 0.25) is 0 Å². The Morgan fingerprint density at radius 1 is 1.37 bits per heavy atom. The number of hydrogen-bond donors (Lipinski definition) is 1. The number of aromatic nitrogens is 4. The molecule has 0 fully saturated rings. The lowest BCUT2D eigenvalue weighted by Crippen LogP contribution is -2.26. The lowest BCUT2D eigenvalue weighted by molar-refractivity contribution is 0.0949. The maximum absolute atomic E-state index is 11.7. The largest absolute Gasteiger partial charge is 0.350 e. The van der Waals surface area contributed by atoms with Crippen molar-refractivity contribution in [3.05, 3.63) is 46.8 Å². The molecule has 0 aliphatic rings. The molecular formula is C12H11N5OS. The summed E-state index contributed by atoms with van der Waals surface area (Å²) in [7, 11) is 0. The molecule has 1 amide bonds. The highest BCUT2D eigenvalue weighted by molar-refractivity contribution is 7.07. The average molecular weight is 273 g/mol. The number of carbonyl (C=O) groups is 1. The summed E-state index contributed by atoms with van der Waals surface area (Å²) in [6, 6.07) is 5.73. The summed E-state index contributed by atoms with van der Waals surface area (Å²) in [5, 5.41) is 12.7. The molecule has 96 valence electrons. The Kier molecular flexibility index (Phi) is 3.20. The highest BCUT2D eigenvalue weighted by Gasteiger charge is 2.08. The lowest BCUT2D eigenvalue weighted by Gasteiger charge is -2.02. The first-order chi connectivity index (χ1) is 9.34. The second kappa shape index (κ2) is 5.15. The van der Waals surface area contributed by atoms with Crippen LogP contribution < -0.4 is 5.32 Å². The number of nitrogens with one attached hydrogen (secondary N) is 1. The van der Waals surface area contributed by atoms with Crippen LogP contribution in [0.25, 0.3) is 5.65 Å². The van der Waals surface area contributed by atoms with Gasteiger partial charge in [-0.1, -0.05) is 6.07 Å². The van der Waals surface area contributed by atoms with Gasteiger partial charge in [0.05, 0.1) is 5.51 Å². The first-order valence-electron chi connectivity index (χ1n) is 5.79. The molecule has 0 saturated heterocycles. The number of rotatable bonds is 4. The fourth-order valence-corrected chi connectivity index (χ4v) is 2.30. The molecule has 0 spiro atoms. The molecule has 6 nitrogen and oxygen atoms in total. The van der Waals surface area contributed by atoms with E-state index in [0.717, 1.165) is 11.5 Å². The zero-order valence-electron chi connectivity index (χ0n) is 9.98. The summed E-state index contributed by atoms with van der Waals surface area (Å²) in [5.74, 6) is 0.671.